The number of hydrogen-bond donors (Lipinski definition) is 2. The molecule has 0 radical (unpaired) electrons. The van der Waals surface area contributed by atoms with Crippen molar-refractivity contribution < 1.29 is 32.9 Å². The van der Waals surface area contributed by atoms with Crippen LogP contribution in [0.3, 0.4) is 0 Å². The summed E-state index contributed by atoms with van der Waals surface area (Å²) >= 11 is 0. The highest BCUT2D eigenvalue weighted by atomic mass is 31.1. The molecule has 1 aromatic carbocycles. The van der Waals surface area contributed by atoms with Crippen molar-refractivity contribution in [2.24, 2.45) is 0 Å². The lowest BCUT2D eigenvalue weighted by molar-refractivity contribution is -0.166. The van der Waals surface area contributed by atoms with Gasteiger partial charge in [-0.15, -0.1) is 0 Å². The number of alkyl carbamates (subject to hydrolysis) is 1. The van der Waals surface area contributed by atoms with Crippen molar-refractivity contribution in [1.29, 1.82) is 0 Å². The molecule has 37 heavy (non-hydrogen) atoms. The van der Waals surface area contributed by atoms with E-state index in [0.717, 1.165) is 31.2 Å². The van der Waals surface area contributed by atoms with Gasteiger partial charge in [0.1, 0.15) is 12.6 Å². The van der Waals surface area contributed by atoms with Crippen molar-refractivity contribution in [1.82, 2.24) is 10.6 Å². The maximum Gasteiger partial charge on any atom is 0.407 e. The van der Waals surface area contributed by atoms with Crippen LogP contribution in [0.15, 0.2) is 30.3 Å². The first kappa shape index (κ1) is 31.0. The summed E-state index contributed by atoms with van der Waals surface area (Å²) in [7, 11) is -2.44. The van der Waals surface area contributed by atoms with Crippen LogP contribution in [0.2, 0.25) is 0 Å². The highest BCUT2D eigenvalue weighted by Crippen LogP contribution is 2.29. The van der Waals surface area contributed by atoms with Crippen LogP contribution in [0.1, 0.15) is 83.1 Å². The minimum absolute atomic E-state index is 0.186. The predicted molar refractivity (Wildman–Crippen MR) is 143 cm³/mol. The molecule has 3 atom stereocenters. The summed E-state index contributed by atoms with van der Waals surface area (Å²) in [5, 5.41) is 5.69. The van der Waals surface area contributed by atoms with Gasteiger partial charge in [0.15, 0.2) is 14.1 Å². The second kappa shape index (κ2) is 18.9. The van der Waals surface area contributed by atoms with Crippen LogP contribution in [0, 0.1) is 0 Å². The molecular formula is C27H43N2O7P. The molecule has 10 heteroatoms. The SMILES string of the molecule is CCCCCCCC[PH](=O)OC(CCCCNC(=O)OCc1ccccc1)C(=O)OC(=O)[C@@H]1CCCN1. The van der Waals surface area contributed by atoms with Crippen LogP contribution in [0.5, 0.6) is 0 Å². The molecule has 1 fully saturated rings. The van der Waals surface area contributed by atoms with E-state index in [1.165, 1.54) is 19.3 Å². The van der Waals surface area contributed by atoms with E-state index in [-0.39, 0.29) is 13.0 Å². The van der Waals surface area contributed by atoms with Gasteiger partial charge in [-0.2, -0.15) is 0 Å². The van der Waals surface area contributed by atoms with Crippen LogP contribution in [0.4, 0.5) is 4.79 Å². The first-order chi connectivity index (χ1) is 18.0. The third-order valence-corrected chi connectivity index (χ3v) is 7.50. The largest absolute Gasteiger partial charge is 0.445 e. The molecular weight excluding hydrogens is 495 g/mol. The van der Waals surface area contributed by atoms with Gasteiger partial charge in [-0.3, -0.25) is 4.57 Å². The fourth-order valence-corrected chi connectivity index (χ4v) is 5.22. The molecule has 1 amide bonds. The van der Waals surface area contributed by atoms with Gasteiger partial charge < -0.3 is 24.6 Å². The molecule has 2 unspecified atom stereocenters. The van der Waals surface area contributed by atoms with E-state index in [1.54, 1.807) is 0 Å². The van der Waals surface area contributed by atoms with E-state index < -0.39 is 38.2 Å². The minimum Gasteiger partial charge on any atom is -0.445 e. The third-order valence-electron chi connectivity index (χ3n) is 6.19. The van der Waals surface area contributed by atoms with Gasteiger partial charge in [0.05, 0.1) is 0 Å². The number of benzene rings is 1. The molecule has 0 aromatic heterocycles. The highest BCUT2D eigenvalue weighted by molar-refractivity contribution is 7.39. The zero-order chi connectivity index (χ0) is 26.7. The number of amides is 1. The summed E-state index contributed by atoms with van der Waals surface area (Å²) in [6.07, 6.45) is 8.00. The molecule has 1 aliphatic rings. The van der Waals surface area contributed by atoms with Gasteiger partial charge >= 0.3 is 18.0 Å². The molecule has 1 aliphatic heterocycles. The fraction of sp³-hybridized carbons (Fsp3) is 0.667. The van der Waals surface area contributed by atoms with Crippen LogP contribution in [-0.2, 0) is 34.8 Å². The minimum atomic E-state index is -2.44. The van der Waals surface area contributed by atoms with Crippen molar-refractivity contribution in [3.05, 3.63) is 35.9 Å². The Bertz CT molecular complexity index is 831. The molecule has 1 heterocycles. The standard InChI is InChI=1S/C27H43N2O7P/c1-2-3-4-5-6-12-20-37(33)36-24(26(31)35-25(30)23-16-13-19-28-23)17-10-11-18-29-27(32)34-21-22-14-8-7-9-15-22/h7-9,14-15,23-24,28,37H,2-6,10-13,16-21H2,1H3,(H,29,32)/t23-,24?/m0/s1. The number of ether oxygens (including phenoxy) is 2. The zero-order valence-electron chi connectivity index (χ0n) is 22.0. The van der Waals surface area contributed by atoms with Gasteiger partial charge in [0.2, 0.25) is 0 Å². The van der Waals surface area contributed by atoms with Gasteiger partial charge in [-0.05, 0) is 50.6 Å². The van der Waals surface area contributed by atoms with Crippen LogP contribution in [0.25, 0.3) is 0 Å². The molecule has 0 saturated carbocycles. The topological polar surface area (TPSA) is 120 Å². The molecule has 0 bridgehead atoms. The monoisotopic (exact) mass is 538 g/mol. The molecule has 2 N–H and O–H groups in total. The maximum absolute atomic E-state index is 12.7. The summed E-state index contributed by atoms with van der Waals surface area (Å²) in [6.45, 7) is 3.41. The average molecular weight is 539 g/mol. The molecule has 208 valence electrons. The molecule has 0 aliphatic carbocycles. The van der Waals surface area contributed by atoms with E-state index in [1.807, 2.05) is 30.3 Å². The van der Waals surface area contributed by atoms with Crippen LogP contribution >= 0.6 is 8.03 Å². The van der Waals surface area contributed by atoms with E-state index in [9.17, 15) is 18.9 Å². The second-order valence-electron chi connectivity index (χ2n) is 9.37. The molecule has 2 rings (SSSR count). The van der Waals surface area contributed by atoms with Crippen LogP contribution in [-0.4, -0.2) is 49.4 Å². The van der Waals surface area contributed by atoms with E-state index in [4.69, 9.17) is 14.0 Å². The summed E-state index contributed by atoms with van der Waals surface area (Å²) in [5.74, 6) is -1.41. The molecule has 0 spiro atoms. The molecule has 1 aromatic rings. The Morgan fingerprint density at radius 2 is 1.81 bits per heavy atom. The summed E-state index contributed by atoms with van der Waals surface area (Å²) in [6, 6.07) is 8.90. The quantitative estimate of drug-likeness (QED) is 0.114. The predicted octanol–water partition coefficient (Wildman–Crippen LogP) is 5.13. The Kier molecular flexibility index (Phi) is 15.9. The maximum atomic E-state index is 12.7. The van der Waals surface area contributed by atoms with Crippen molar-refractivity contribution >= 4 is 26.1 Å². The lowest BCUT2D eigenvalue weighted by Crippen LogP contribution is -2.37. The Morgan fingerprint density at radius 3 is 2.54 bits per heavy atom. The van der Waals surface area contributed by atoms with Gasteiger partial charge in [0.25, 0.3) is 0 Å². The number of rotatable bonds is 18. The fourth-order valence-electron chi connectivity index (χ4n) is 4.03. The van der Waals surface area contributed by atoms with Gasteiger partial charge in [0, 0.05) is 12.7 Å². The zero-order valence-corrected chi connectivity index (χ0v) is 23.0. The lowest BCUT2D eigenvalue weighted by atomic mass is 10.1. The van der Waals surface area contributed by atoms with E-state index in [2.05, 4.69) is 17.6 Å². The van der Waals surface area contributed by atoms with Crippen molar-refractivity contribution in [3.63, 3.8) is 0 Å². The Balaban J connectivity index is 1.72. The number of esters is 2. The summed E-state index contributed by atoms with van der Waals surface area (Å²) < 4.78 is 28.4. The summed E-state index contributed by atoms with van der Waals surface area (Å²) in [4.78, 5) is 36.8. The third kappa shape index (κ3) is 13.8. The number of unbranched alkanes of at least 4 members (excludes halogenated alkanes) is 6. The van der Waals surface area contributed by atoms with Crippen molar-refractivity contribution in [2.45, 2.75) is 96.3 Å². The van der Waals surface area contributed by atoms with Crippen LogP contribution < -0.4 is 10.6 Å². The highest BCUT2D eigenvalue weighted by Gasteiger charge is 2.30. The Hall–Kier alpha value is -2.22. The number of nitrogens with one attached hydrogen (secondary N) is 2. The first-order valence-corrected chi connectivity index (χ1v) is 15.1. The van der Waals surface area contributed by atoms with E-state index in [0.29, 0.717) is 38.5 Å². The lowest BCUT2D eigenvalue weighted by Gasteiger charge is -2.17. The van der Waals surface area contributed by atoms with Crippen molar-refractivity contribution in [2.75, 3.05) is 19.3 Å². The number of hydrogen-bond acceptors (Lipinski definition) is 8. The smallest absolute Gasteiger partial charge is 0.407 e. The number of carbonyl (C=O) groups is 3. The van der Waals surface area contributed by atoms with Crippen molar-refractivity contribution in [3.8, 4) is 0 Å². The first-order valence-electron chi connectivity index (χ1n) is 13.6. The summed E-state index contributed by atoms with van der Waals surface area (Å²) in [5.41, 5.74) is 0.898. The normalized spacial score (nSPS) is 16.6. The van der Waals surface area contributed by atoms with Gasteiger partial charge in [-0.1, -0.05) is 69.4 Å². The molecule has 1 saturated heterocycles. The Morgan fingerprint density at radius 1 is 1.05 bits per heavy atom. The van der Waals surface area contributed by atoms with E-state index >= 15 is 0 Å². The second-order valence-corrected chi connectivity index (χ2v) is 10.8. The molecule has 9 nitrogen and oxygen atoms in total. The van der Waals surface area contributed by atoms with Gasteiger partial charge in [-0.25, -0.2) is 14.4 Å². The average Bonchev–Trinajstić information content (AvgIpc) is 3.44. The number of carbonyl (C=O) groups excluding carboxylic acids is 3. The Labute approximate surface area is 221 Å².